The van der Waals surface area contributed by atoms with Crippen molar-refractivity contribution in [2.24, 2.45) is 0 Å². The molecule has 1 aliphatic heterocycles. The first kappa shape index (κ1) is 41.6. The number of aromatic nitrogens is 2. The van der Waals surface area contributed by atoms with Gasteiger partial charge in [0.15, 0.2) is 0 Å². The minimum absolute atomic E-state index is 0. The van der Waals surface area contributed by atoms with E-state index in [1.54, 1.807) is 0 Å². The molecule has 0 radical (unpaired) electrons. The SMILES string of the molecule is CCN(C(=O)OCCC(=O)O)c1ccc(C(F)(F)F)cc1CN(Cc1cc(C(F)(F)F)cc(C(F)(F)F)c1)c1ncc(N2CCOCC2)cn1.[NaH]. The summed E-state index contributed by atoms with van der Waals surface area (Å²) in [5.41, 5.74) is -4.79. The predicted octanol–water partition coefficient (Wildman–Crippen LogP) is 6.37. The molecule has 51 heavy (non-hydrogen) atoms. The molecule has 1 amide bonds. The van der Waals surface area contributed by atoms with Crippen LogP contribution in [0.3, 0.4) is 0 Å². The molecule has 1 aliphatic rings. The Morgan fingerprint density at radius 2 is 1.43 bits per heavy atom. The maximum atomic E-state index is 13.9. The van der Waals surface area contributed by atoms with Crippen molar-refractivity contribution in [1.29, 1.82) is 0 Å². The van der Waals surface area contributed by atoms with Gasteiger partial charge in [-0.1, -0.05) is 0 Å². The Bertz CT molecular complexity index is 1620. The zero-order valence-electron chi connectivity index (χ0n) is 26.2. The van der Waals surface area contributed by atoms with Crippen LogP contribution in [0, 0.1) is 0 Å². The average Bonchev–Trinajstić information content (AvgIpc) is 3.04. The second-order valence-corrected chi connectivity index (χ2v) is 11.0. The van der Waals surface area contributed by atoms with E-state index < -0.39 is 79.0 Å². The number of aliphatic carboxylic acids is 1. The van der Waals surface area contributed by atoms with E-state index >= 15 is 0 Å². The van der Waals surface area contributed by atoms with Crippen LogP contribution in [0.15, 0.2) is 48.8 Å². The number of halogens is 9. The molecule has 0 saturated carbocycles. The molecule has 1 aromatic heterocycles. The molecule has 274 valence electrons. The molecule has 0 unspecified atom stereocenters. The molecule has 0 atom stereocenters. The summed E-state index contributed by atoms with van der Waals surface area (Å²) in [5.74, 6) is -1.54. The van der Waals surface area contributed by atoms with Gasteiger partial charge in [0, 0.05) is 32.7 Å². The van der Waals surface area contributed by atoms with Crippen LogP contribution >= 0.6 is 0 Å². The zero-order chi connectivity index (χ0) is 36.9. The van der Waals surface area contributed by atoms with E-state index in [0.717, 1.165) is 15.9 Å². The minimum atomic E-state index is -5.17. The molecule has 2 heterocycles. The van der Waals surface area contributed by atoms with Crippen molar-refractivity contribution in [3.63, 3.8) is 0 Å². The molecule has 4 rings (SSSR count). The Hall–Kier alpha value is -3.81. The number of alkyl halides is 9. The summed E-state index contributed by atoms with van der Waals surface area (Å²) in [4.78, 5) is 36.1. The molecule has 1 saturated heterocycles. The predicted molar refractivity (Wildman–Crippen MR) is 167 cm³/mol. The number of nitrogens with zero attached hydrogens (tertiary/aromatic N) is 5. The van der Waals surface area contributed by atoms with Crippen LogP contribution in [0.4, 0.5) is 61.6 Å². The van der Waals surface area contributed by atoms with Crippen molar-refractivity contribution in [1.82, 2.24) is 9.97 Å². The molecule has 20 heteroatoms. The molecule has 1 fully saturated rings. The third-order valence-electron chi connectivity index (χ3n) is 7.44. The Morgan fingerprint density at radius 1 is 0.863 bits per heavy atom. The van der Waals surface area contributed by atoms with Crippen molar-refractivity contribution >= 4 is 58.9 Å². The standard InChI is InChI=1S/C31H30F9N5O5.Na.H/c1-2-45(28(48)50-8-5-26(46)47)25-4-3-21(29(32,33)34)13-20(25)18-44(27-41-15-24(16-42-27)43-6-9-49-10-7-43)17-19-11-22(30(35,36)37)14-23(12-19)31(38,39)40;;/h3-4,11-16H,2,5-10,17-18H2,1H3,(H,46,47);;. The summed E-state index contributed by atoms with van der Waals surface area (Å²) in [7, 11) is 0. The number of carboxylic acid groups (broad SMARTS) is 1. The van der Waals surface area contributed by atoms with Gasteiger partial charge in [0.05, 0.1) is 60.1 Å². The van der Waals surface area contributed by atoms with E-state index in [-0.39, 0.29) is 59.4 Å². The van der Waals surface area contributed by atoms with E-state index in [9.17, 15) is 49.1 Å². The van der Waals surface area contributed by atoms with Crippen molar-refractivity contribution in [2.45, 2.75) is 45.0 Å². The third-order valence-corrected chi connectivity index (χ3v) is 7.44. The number of benzene rings is 2. The summed E-state index contributed by atoms with van der Waals surface area (Å²) in [6.07, 6.45) is -14.2. The van der Waals surface area contributed by atoms with Crippen molar-refractivity contribution in [3.05, 3.63) is 76.6 Å². The van der Waals surface area contributed by atoms with E-state index in [1.165, 1.54) is 19.3 Å². The number of carbonyl (C=O) groups excluding carboxylic acids is 1. The van der Waals surface area contributed by atoms with E-state index in [4.69, 9.17) is 14.6 Å². The molecule has 2 aromatic carbocycles. The fourth-order valence-electron chi connectivity index (χ4n) is 5.05. The van der Waals surface area contributed by atoms with Gasteiger partial charge >= 0.3 is 60.1 Å². The van der Waals surface area contributed by atoms with Crippen LogP contribution in [0.25, 0.3) is 0 Å². The molecule has 0 spiro atoms. The number of hydrogen-bond acceptors (Lipinski definition) is 8. The molecule has 0 bridgehead atoms. The van der Waals surface area contributed by atoms with Gasteiger partial charge in [0.1, 0.15) is 6.61 Å². The van der Waals surface area contributed by atoms with Crippen molar-refractivity contribution in [3.8, 4) is 0 Å². The number of rotatable bonds is 11. The Balaban J connectivity index is 0.00000702. The maximum absolute atomic E-state index is 13.9. The van der Waals surface area contributed by atoms with Crippen molar-refractivity contribution < 1.29 is 63.7 Å². The van der Waals surface area contributed by atoms with Gasteiger partial charge in [0.2, 0.25) is 5.95 Å². The second kappa shape index (κ2) is 17.1. The van der Waals surface area contributed by atoms with Crippen molar-refractivity contribution in [2.75, 3.05) is 54.2 Å². The number of ether oxygens (including phenoxy) is 2. The first-order valence-corrected chi connectivity index (χ1v) is 14.9. The summed E-state index contributed by atoms with van der Waals surface area (Å²) in [6.45, 7) is 1.06. The van der Waals surface area contributed by atoms with Crippen LogP contribution in [0.5, 0.6) is 0 Å². The fourth-order valence-corrected chi connectivity index (χ4v) is 5.05. The van der Waals surface area contributed by atoms with Gasteiger partial charge in [0.25, 0.3) is 0 Å². The Labute approximate surface area is 307 Å². The summed E-state index contributed by atoms with van der Waals surface area (Å²) < 4.78 is 134. The van der Waals surface area contributed by atoms with Gasteiger partial charge < -0.3 is 24.4 Å². The van der Waals surface area contributed by atoms with Gasteiger partial charge in [-0.25, -0.2) is 14.8 Å². The van der Waals surface area contributed by atoms with Gasteiger partial charge in [-0.15, -0.1) is 0 Å². The fraction of sp³-hybridized carbons (Fsp3) is 0.419. The summed E-state index contributed by atoms with van der Waals surface area (Å²) in [5, 5.41) is 8.87. The Morgan fingerprint density at radius 3 is 1.94 bits per heavy atom. The summed E-state index contributed by atoms with van der Waals surface area (Å²) >= 11 is 0. The topological polar surface area (TPSA) is 108 Å². The van der Waals surface area contributed by atoms with Gasteiger partial charge in [-0.2, -0.15) is 39.5 Å². The van der Waals surface area contributed by atoms with E-state index in [2.05, 4.69) is 9.97 Å². The molecular weight excluding hydrogens is 716 g/mol. The van der Waals surface area contributed by atoms with Crippen LogP contribution in [-0.4, -0.2) is 96.1 Å². The van der Waals surface area contributed by atoms with E-state index in [1.807, 2.05) is 4.90 Å². The number of carbonyl (C=O) groups is 2. The van der Waals surface area contributed by atoms with Crippen LogP contribution in [0.1, 0.15) is 41.2 Å². The molecular formula is C31H31F9N5NaO5. The van der Waals surface area contributed by atoms with Crippen LogP contribution in [-0.2, 0) is 45.9 Å². The zero-order valence-corrected chi connectivity index (χ0v) is 26.2. The molecule has 0 aliphatic carbocycles. The Kier molecular flexibility index (Phi) is 14.0. The third kappa shape index (κ3) is 11.3. The second-order valence-electron chi connectivity index (χ2n) is 11.0. The molecule has 1 N–H and O–H groups in total. The van der Waals surface area contributed by atoms with E-state index in [0.29, 0.717) is 56.3 Å². The normalized spacial score (nSPS) is 13.7. The number of anilines is 3. The van der Waals surface area contributed by atoms with Crippen LogP contribution < -0.4 is 14.7 Å². The number of amides is 1. The van der Waals surface area contributed by atoms with Gasteiger partial charge in [-0.05, 0) is 54.4 Å². The quantitative estimate of drug-likeness (QED) is 0.177. The number of hydrogen-bond donors (Lipinski definition) is 1. The molecule has 10 nitrogen and oxygen atoms in total. The summed E-state index contributed by atoms with van der Waals surface area (Å²) in [6, 6.07) is 3.20. The van der Waals surface area contributed by atoms with Gasteiger partial charge in [-0.3, -0.25) is 9.69 Å². The monoisotopic (exact) mass is 747 g/mol. The number of morpholine rings is 1. The first-order valence-electron chi connectivity index (χ1n) is 14.9. The number of carboxylic acids is 1. The first-order chi connectivity index (χ1) is 23.4. The van der Waals surface area contributed by atoms with Crippen LogP contribution in [0.2, 0.25) is 0 Å². The average molecular weight is 748 g/mol. The molecule has 3 aromatic rings.